The molecule has 0 fully saturated rings. The number of hydrogen-bond acceptors (Lipinski definition) is 11. The second-order valence-corrected chi connectivity index (χ2v) is 21.1. The van der Waals surface area contributed by atoms with E-state index in [1.54, 1.807) is 59.3 Å². The number of aromatic nitrogens is 13. The van der Waals surface area contributed by atoms with Crippen molar-refractivity contribution in [2.45, 2.75) is 121 Å². The van der Waals surface area contributed by atoms with Crippen LogP contribution in [0.1, 0.15) is 104 Å². The van der Waals surface area contributed by atoms with Crippen LogP contribution < -0.4 is 0 Å². The minimum atomic E-state index is -4.42. The Morgan fingerprint density at radius 1 is 0.456 bits per heavy atom. The van der Waals surface area contributed by atoms with E-state index in [2.05, 4.69) is 54.3 Å². The Hall–Kier alpha value is -5.82. The molecule has 0 amide bonds. The van der Waals surface area contributed by atoms with E-state index in [-0.39, 0.29) is 37.7 Å². The van der Waals surface area contributed by atoms with Crippen LogP contribution in [0, 0.1) is 96.0 Å². The number of alkyl halides is 14. The molecule has 0 radical (unpaired) electrons. The lowest BCUT2D eigenvalue weighted by molar-refractivity contribution is -0.142. The average molecular weight is 1220 g/mol. The number of nitrogens with zero attached hydrogens (tertiary/aromatic N) is 13. The molecule has 32 heteroatoms. The number of hydrogen-bond donors (Lipinski definition) is 0. The molecule has 8 aromatic rings. The van der Waals surface area contributed by atoms with E-state index in [4.69, 9.17) is 11.6 Å². The summed E-state index contributed by atoms with van der Waals surface area (Å²) >= 11 is 9.33. The van der Waals surface area contributed by atoms with Gasteiger partial charge < -0.3 is 0 Å². The first kappa shape index (κ1) is 71.2. The SMILES string of the molecule is Cc1c(C(F)(F)F)nn(C)c1Cl.Cc1cn(C)nc1C.Cc1cn(C)nc1C(F)(F)F.Cc1cn(C)nc1C(F)F.Cc1nc(C(F)(F)F)c(C)s1.Cc1nc(C)c(C)s1.Cc1nn(C)c(F)c1C.Cc1scnc1C(F)(F)F. The van der Waals surface area contributed by atoms with Gasteiger partial charge in [-0.1, -0.05) is 11.6 Å². The quantitative estimate of drug-likeness (QED) is 0.149. The molecule has 0 saturated carbocycles. The van der Waals surface area contributed by atoms with Crippen LogP contribution in [0.15, 0.2) is 24.1 Å². The van der Waals surface area contributed by atoms with Crippen LogP contribution in [-0.4, -0.2) is 63.9 Å². The van der Waals surface area contributed by atoms with Crippen molar-refractivity contribution in [1.29, 1.82) is 0 Å². The maximum absolute atomic E-state index is 12.7. The maximum Gasteiger partial charge on any atom is 0.435 e. The van der Waals surface area contributed by atoms with Crippen molar-refractivity contribution in [2.75, 3.05) is 0 Å². The molecule has 0 unspecified atom stereocenters. The molecule has 13 nitrogen and oxygen atoms in total. The summed E-state index contributed by atoms with van der Waals surface area (Å²) in [5, 5.41) is 19.7. The Balaban J connectivity index is 0.000000453. The van der Waals surface area contributed by atoms with Gasteiger partial charge in [0.15, 0.2) is 22.8 Å². The summed E-state index contributed by atoms with van der Waals surface area (Å²) in [5.74, 6) is -0.243. The smallest absolute Gasteiger partial charge is 0.275 e. The average Bonchev–Trinajstić information content (AvgIpc) is 4.19. The molecule has 8 heterocycles. The lowest BCUT2D eigenvalue weighted by Crippen LogP contribution is -2.08. The summed E-state index contributed by atoms with van der Waals surface area (Å²) in [6.07, 6.45) is -14.9. The third kappa shape index (κ3) is 23.1. The number of halogens is 16. The normalized spacial score (nSPS) is 11.3. The molecule has 0 aliphatic rings. The zero-order valence-corrected chi connectivity index (χ0v) is 49.2. The van der Waals surface area contributed by atoms with Gasteiger partial charge >= 0.3 is 24.7 Å². The highest BCUT2D eigenvalue weighted by Crippen LogP contribution is 2.35. The van der Waals surface area contributed by atoms with Gasteiger partial charge in [-0.25, -0.2) is 28.4 Å². The van der Waals surface area contributed by atoms with Crippen LogP contribution in [0.25, 0.3) is 0 Å². The van der Waals surface area contributed by atoms with E-state index in [0.717, 1.165) is 43.4 Å². The topological polar surface area (TPSA) is 128 Å². The van der Waals surface area contributed by atoms with Gasteiger partial charge in [-0.05, 0) is 107 Å². The molecular formula is C47H59ClF15N13S3. The second kappa shape index (κ2) is 29.6. The number of aryl methyl sites for hydroxylation is 16. The van der Waals surface area contributed by atoms with Gasteiger partial charge in [0, 0.05) is 79.6 Å². The van der Waals surface area contributed by atoms with Crippen LogP contribution in [0.4, 0.5) is 65.9 Å². The first-order chi connectivity index (χ1) is 35.8. The molecule has 0 aliphatic heterocycles. The van der Waals surface area contributed by atoms with E-state index in [1.807, 2.05) is 38.7 Å². The Labute approximate surface area is 463 Å². The third-order valence-corrected chi connectivity index (χ3v) is 13.2. The summed E-state index contributed by atoms with van der Waals surface area (Å²) in [7, 11) is 7.97. The van der Waals surface area contributed by atoms with Crippen molar-refractivity contribution in [3.63, 3.8) is 0 Å². The van der Waals surface area contributed by atoms with E-state index >= 15 is 0 Å². The second-order valence-electron chi connectivity index (χ2n) is 16.9. The molecule has 0 aliphatic carbocycles. The number of thiazole rings is 3. The Bertz CT molecular complexity index is 2980. The zero-order valence-electron chi connectivity index (χ0n) is 46.0. The van der Waals surface area contributed by atoms with Gasteiger partial charge in [-0.3, -0.25) is 18.7 Å². The van der Waals surface area contributed by atoms with Gasteiger partial charge in [0.2, 0.25) is 5.95 Å². The molecule has 442 valence electrons. The molecule has 0 saturated heterocycles. The highest BCUT2D eigenvalue weighted by Gasteiger charge is 2.38. The van der Waals surface area contributed by atoms with Crippen molar-refractivity contribution in [2.24, 2.45) is 35.2 Å². The van der Waals surface area contributed by atoms with Gasteiger partial charge in [0.25, 0.3) is 6.43 Å². The first-order valence-corrected chi connectivity index (χ1v) is 25.3. The van der Waals surface area contributed by atoms with E-state index in [9.17, 15) is 65.9 Å². The fourth-order valence-electron chi connectivity index (χ4n) is 6.06. The summed E-state index contributed by atoms with van der Waals surface area (Å²) in [6, 6.07) is 0. The van der Waals surface area contributed by atoms with E-state index < -0.39 is 53.9 Å². The van der Waals surface area contributed by atoms with Gasteiger partial charge in [-0.2, -0.15) is 82.6 Å². The van der Waals surface area contributed by atoms with Crippen LogP contribution in [0.2, 0.25) is 5.15 Å². The highest BCUT2D eigenvalue weighted by molar-refractivity contribution is 7.11. The highest BCUT2D eigenvalue weighted by atomic mass is 35.5. The summed E-state index contributed by atoms with van der Waals surface area (Å²) in [4.78, 5) is 12.6. The molecule has 8 aromatic heterocycles. The lowest BCUT2D eigenvalue weighted by Gasteiger charge is -2.01. The Morgan fingerprint density at radius 2 is 0.911 bits per heavy atom. The van der Waals surface area contributed by atoms with E-state index in [1.165, 1.54) is 84.0 Å². The van der Waals surface area contributed by atoms with Crippen LogP contribution in [0.3, 0.4) is 0 Å². The standard InChI is InChI=1S/C6H6ClF3N2.C6H7F3N2.C6H6F3NS.C6H8F2N2.C6H9FN2.C6H10N2.C6H9NS.C5H4F3NS/c1-3-4(6(8,9)10)11-12(2)5(3)7;1-4-3-11(2)10-5(4)6(7,8)9;1-3-5(6(7,8)9)10-4(2)11-3;1-4-3-10(2)9-5(4)6(7)8;1-4-5(2)8-9(3)6(4)7;1-5-4-8(3)7-6(5)2;1-4-5(2)8-6(3)7-4;1-3-4(5(6,7)8)9-2-10-3/h1-2H3;3H,1-2H3;1-2H3;3,6H,1-2H3;1-3H3;4H,1-3H3;1-3H3;2H,1H3. The van der Waals surface area contributed by atoms with Gasteiger partial charge in [0.05, 0.1) is 32.6 Å². The maximum atomic E-state index is 12.7. The molecule has 0 bridgehead atoms. The number of rotatable bonds is 1. The van der Waals surface area contributed by atoms with Crippen molar-refractivity contribution >= 4 is 45.6 Å². The fourth-order valence-corrected chi connectivity index (χ4v) is 8.44. The minimum Gasteiger partial charge on any atom is -0.275 e. The van der Waals surface area contributed by atoms with Crippen LogP contribution >= 0.6 is 45.6 Å². The monoisotopic (exact) mass is 1220 g/mol. The Morgan fingerprint density at radius 3 is 1.08 bits per heavy atom. The van der Waals surface area contributed by atoms with Crippen molar-refractivity contribution in [1.82, 2.24) is 63.9 Å². The van der Waals surface area contributed by atoms with Gasteiger partial charge in [0.1, 0.15) is 10.8 Å². The third-order valence-electron chi connectivity index (χ3n) is 10.0. The zero-order chi connectivity index (χ0) is 61.6. The minimum absolute atomic E-state index is 0.0160. The summed E-state index contributed by atoms with van der Waals surface area (Å²) in [5.41, 5.74) is 3.43. The van der Waals surface area contributed by atoms with Crippen molar-refractivity contribution in [3.05, 3.63) is 133 Å². The van der Waals surface area contributed by atoms with Crippen molar-refractivity contribution < 1.29 is 65.9 Å². The molecule has 79 heavy (non-hydrogen) atoms. The largest absolute Gasteiger partial charge is 0.435 e. The predicted molar refractivity (Wildman–Crippen MR) is 274 cm³/mol. The first-order valence-electron chi connectivity index (χ1n) is 22.4. The van der Waals surface area contributed by atoms with Crippen LogP contribution in [0.5, 0.6) is 0 Å². The molecule has 0 spiro atoms. The van der Waals surface area contributed by atoms with Crippen molar-refractivity contribution in [3.8, 4) is 0 Å². The molecule has 0 aromatic carbocycles. The Kier molecular flexibility index (Phi) is 26.7. The van der Waals surface area contributed by atoms with E-state index in [0.29, 0.717) is 16.1 Å². The summed E-state index contributed by atoms with van der Waals surface area (Å²) in [6.45, 7) is 22.4. The molecule has 8 rings (SSSR count). The fraction of sp³-hybridized carbons (Fsp3) is 0.489. The molecular weight excluding hydrogens is 1160 g/mol. The van der Waals surface area contributed by atoms with Crippen LogP contribution in [-0.2, 0) is 59.9 Å². The molecule has 0 N–H and O–H groups in total. The molecule has 0 atom stereocenters. The predicted octanol–water partition coefficient (Wildman–Crippen LogP) is 15.3. The lowest BCUT2D eigenvalue weighted by atomic mass is 10.3. The summed E-state index contributed by atoms with van der Waals surface area (Å²) < 4.78 is 187. The van der Waals surface area contributed by atoms with Gasteiger partial charge in [-0.15, -0.1) is 34.0 Å².